The Morgan fingerprint density at radius 1 is 1.07 bits per heavy atom. The van der Waals surface area contributed by atoms with Crippen molar-refractivity contribution in [2.45, 2.75) is 79.1 Å². The summed E-state index contributed by atoms with van der Waals surface area (Å²) in [5.74, 6) is 1.96. The Morgan fingerprint density at radius 2 is 1.73 bits per heavy atom. The normalized spacial score (nSPS) is 28.0. The minimum atomic E-state index is 0.592. The van der Waals surface area contributed by atoms with Crippen LogP contribution in [0.3, 0.4) is 0 Å². The first-order chi connectivity index (χ1) is 7.08. The number of unbranched alkanes of at least 4 members (excludes halogenated alkanes) is 2. The maximum atomic E-state index is 2.51. The molecule has 0 N–H and O–H groups in total. The van der Waals surface area contributed by atoms with Crippen molar-refractivity contribution in [3.63, 3.8) is 0 Å². The lowest BCUT2D eigenvalue weighted by Gasteiger charge is -2.41. The average Bonchev–Trinajstić information content (AvgIpc) is 2.18. The molecule has 1 aliphatic carbocycles. The van der Waals surface area contributed by atoms with Gasteiger partial charge >= 0.3 is 0 Å². The number of hydrogen-bond acceptors (Lipinski definition) is 0. The lowest BCUT2D eigenvalue weighted by molar-refractivity contribution is 0.0910. The summed E-state index contributed by atoms with van der Waals surface area (Å²) in [7, 11) is 0. The van der Waals surface area contributed by atoms with Crippen LogP contribution in [0.25, 0.3) is 0 Å². The molecule has 0 spiro atoms. The zero-order chi connectivity index (χ0) is 11.3. The van der Waals surface area contributed by atoms with Gasteiger partial charge in [-0.15, -0.1) is 0 Å². The van der Waals surface area contributed by atoms with E-state index in [2.05, 4.69) is 27.7 Å². The minimum absolute atomic E-state index is 0.592. The summed E-state index contributed by atoms with van der Waals surface area (Å²) in [5, 5.41) is 0. The van der Waals surface area contributed by atoms with E-state index >= 15 is 0 Å². The van der Waals surface area contributed by atoms with Gasteiger partial charge in [0.25, 0.3) is 0 Å². The van der Waals surface area contributed by atoms with E-state index in [4.69, 9.17) is 0 Å². The van der Waals surface area contributed by atoms with Gasteiger partial charge in [0.15, 0.2) is 0 Å². The molecule has 0 heteroatoms. The SMILES string of the molecule is CCCCCC(C)(C)C1CCCCC1C. The predicted molar refractivity (Wildman–Crippen MR) is 69.0 cm³/mol. The number of hydrogen-bond donors (Lipinski definition) is 0. The van der Waals surface area contributed by atoms with Crippen molar-refractivity contribution in [3.05, 3.63) is 0 Å². The predicted octanol–water partition coefficient (Wildman–Crippen LogP) is 5.42. The standard InChI is InChI=1S/C15H30/c1-5-6-9-12-15(3,4)14-11-8-7-10-13(14)2/h13-14H,5-12H2,1-4H3. The summed E-state index contributed by atoms with van der Waals surface area (Å²) in [5.41, 5.74) is 0.592. The van der Waals surface area contributed by atoms with Crippen LogP contribution in [0.4, 0.5) is 0 Å². The van der Waals surface area contributed by atoms with Crippen molar-refractivity contribution in [2.24, 2.45) is 17.3 Å². The van der Waals surface area contributed by atoms with Gasteiger partial charge in [0, 0.05) is 0 Å². The molecule has 0 radical (unpaired) electrons. The molecule has 0 aromatic rings. The molecule has 15 heavy (non-hydrogen) atoms. The highest BCUT2D eigenvalue weighted by Gasteiger charge is 2.34. The zero-order valence-corrected chi connectivity index (χ0v) is 11.3. The van der Waals surface area contributed by atoms with Crippen molar-refractivity contribution in [1.82, 2.24) is 0 Å². The van der Waals surface area contributed by atoms with Crippen molar-refractivity contribution >= 4 is 0 Å². The van der Waals surface area contributed by atoms with Crippen LogP contribution in [0.2, 0.25) is 0 Å². The molecule has 90 valence electrons. The largest absolute Gasteiger partial charge is 0.0654 e. The van der Waals surface area contributed by atoms with Crippen molar-refractivity contribution in [2.75, 3.05) is 0 Å². The molecule has 0 aromatic carbocycles. The fourth-order valence-corrected chi connectivity index (χ4v) is 3.49. The van der Waals surface area contributed by atoms with Gasteiger partial charge in [-0.25, -0.2) is 0 Å². The highest BCUT2D eigenvalue weighted by molar-refractivity contribution is 4.84. The molecule has 0 saturated heterocycles. The maximum Gasteiger partial charge on any atom is -0.0323 e. The van der Waals surface area contributed by atoms with Gasteiger partial charge in [-0.2, -0.15) is 0 Å². The van der Waals surface area contributed by atoms with Gasteiger partial charge in [0.2, 0.25) is 0 Å². The first-order valence-electron chi connectivity index (χ1n) is 7.08. The minimum Gasteiger partial charge on any atom is -0.0654 e. The second-order valence-corrected chi connectivity index (χ2v) is 6.31. The summed E-state index contributed by atoms with van der Waals surface area (Å²) >= 11 is 0. The molecule has 0 bridgehead atoms. The van der Waals surface area contributed by atoms with E-state index in [0.717, 1.165) is 11.8 Å². The summed E-state index contributed by atoms with van der Waals surface area (Å²) < 4.78 is 0. The van der Waals surface area contributed by atoms with Crippen molar-refractivity contribution in [1.29, 1.82) is 0 Å². The smallest absolute Gasteiger partial charge is 0.0323 e. The molecule has 2 unspecified atom stereocenters. The molecule has 2 atom stereocenters. The van der Waals surface area contributed by atoms with E-state index in [0.29, 0.717) is 5.41 Å². The molecule has 1 fully saturated rings. The van der Waals surface area contributed by atoms with Gasteiger partial charge in [0.1, 0.15) is 0 Å². The van der Waals surface area contributed by atoms with Crippen LogP contribution in [0.5, 0.6) is 0 Å². The molecule has 1 saturated carbocycles. The molecule has 0 aliphatic heterocycles. The highest BCUT2D eigenvalue weighted by atomic mass is 14.4. The quantitative estimate of drug-likeness (QED) is 0.532. The van der Waals surface area contributed by atoms with E-state index in [1.165, 1.54) is 51.4 Å². The third-order valence-corrected chi connectivity index (χ3v) is 4.54. The lowest BCUT2D eigenvalue weighted by Crippen LogP contribution is -2.31. The topological polar surface area (TPSA) is 0 Å². The van der Waals surface area contributed by atoms with Gasteiger partial charge < -0.3 is 0 Å². The van der Waals surface area contributed by atoms with Crippen LogP contribution in [0, 0.1) is 17.3 Å². The van der Waals surface area contributed by atoms with E-state index in [9.17, 15) is 0 Å². The Morgan fingerprint density at radius 3 is 2.33 bits per heavy atom. The Bertz CT molecular complexity index is 169. The van der Waals surface area contributed by atoms with Crippen LogP contribution in [0.1, 0.15) is 79.1 Å². The molecule has 0 amide bonds. The van der Waals surface area contributed by atoms with Crippen molar-refractivity contribution in [3.8, 4) is 0 Å². The zero-order valence-electron chi connectivity index (χ0n) is 11.3. The Labute approximate surface area is 96.8 Å². The third kappa shape index (κ3) is 3.81. The Hall–Kier alpha value is 0. The third-order valence-electron chi connectivity index (χ3n) is 4.54. The highest BCUT2D eigenvalue weighted by Crippen LogP contribution is 2.44. The molecule has 0 aromatic heterocycles. The van der Waals surface area contributed by atoms with Crippen LogP contribution < -0.4 is 0 Å². The average molecular weight is 210 g/mol. The van der Waals surface area contributed by atoms with Crippen LogP contribution in [-0.4, -0.2) is 0 Å². The summed E-state index contributed by atoms with van der Waals surface area (Å²) in [4.78, 5) is 0. The fraction of sp³-hybridized carbons (Fsp3) is 1.00. The van der Waals surface area contributed by atoms with Gasteiger partial charge in [-0.1, -0.05) is 66.2 Å². The second kappa shape index (κ2) is 5.92. The van der Waals surface area contributed by atoms with Crippen LogP contribution >= 0.6 is 0 Å². The summed E-state index contributed by atoms with van der Waals surface area (Å²) in [6.45, 7) is 9.80. The summed E-state index contributed by atoms with van der Waals surface area (Å²) in [6.07, 6.45) is 11.6. The van der Waals surface area contributed by atoms with Gasteiger partial charge in [-0.05, 0) is 30.1 Å². The molecule has 0 nitrogen and oxygen atoms in total. The summed E-state index contributed by atoms with van der Waals surface area (Å²) in [6, 6.07) is 0. The van der Waals surface area contributed by atoms with Crippen LogP contribution in [-0.2, 0) is 0 Å². The van der Waals surface area contributed by atoms with Gasteiger partial charge in [0.05, 0.1) is 0 Å². The lowest BCUT2D eigenvalue weighted by atomic mass is 9.64. The van der Waals surface area contributed by atoms with E-state index in [-0.39, 0.29) is 0 Å². The van der Waals surface area contributed by atoms with Crippen LogP contribution in [0.15, 0.2) is 0 Å². The first-order valence-corrected chi connectivity index (χ1v) is 7.08. The second-order valence-electron chi connectivity index (χ2n) is 6.31. The van der Waals surface area contributed by atoms with E-state index in [1.54, 1.807) is 0 Å². The van der Waals surface area contributed by atoms with E-state index in [1.807, 2.05) is 0 Å². The number of rotatable bonds is 5. The van der Waals surface area contributed by atoms with Gasteiger partial charge in [-0.3, -0.25) is 0 Å². The Balaban J connectivity index is 2.43. The Kier molecular flexibility index (Phi) is 5.15. The molecular weight excluding hydrogens is 180 g/mol. The molecule has 1 rings (SSSR count). The van der Waals surface area contributed by atoms with E-state index < -0.39 is 0 Å². The monoisotopic (exact) mass is 210 g/mol. The van der Waals surface area contributed by atoms with Crippen molar-refractivity contribution < 1.29 is 0 Å². The maximum absolute atomic E-state index is 2.51. The molecule has 0 heterocycles. The first kappa shape index (κ1) is 13.1. The fourth-order valence-electron chi connectivity index (χ4n) is 3.49. The molecule has 1 aliphatic rings. The molecular formula is C15H30.